The third-order valence-corrected chi connectivity index (χ3v) is 7.73. The number of hydrogen-bond acceptors (Lipinski definition) is 3. The summed E-state index contributed by atoms with van der Waals surface area (Å²) in [5.74, 6) is 2.92. The molecule has 0 spiro atoms. The van der Waals surface area contributed by atoms with Gasteiger partial charge in [0.2, 0.25) is 5.91 Å². The average Bonchev–Trinajstić information content (AvgIpc) is 3.55. The van der Waals surface area contributed by atoms with E-state index >= 15 is 0 Å². The highest BCUT2D eigenvalue weighted by Gasteiger charge is 2.36. The fourth-order valence-electron chi connectivity index (χ4n) is 5.12. The first-order valence-corrected chi connectivity index (χ1v) is 13.1. The second kappa shape index (κ2) is 9.15. The third kappa shape index (κ3) is 4.47. The average molecular weight is 530 g/mol. The van der Waals surface area contributed by atoms with E-state index in [-0.39, 0.29) is 0 Å². The number of methoxy groups -OCH3 is 1. The van der Waals surface area contributed by atoms with Crippen LogP contribution in [-0.2, 0) is 11.3 Å². The Kier molecular flexibility index (Phi) is 5.85. The smallest absolute Gasteiger partial charge is 0.225 e. The van der Waals surface area contributed by atoms with Crippen molar-refractivity contribution in [3.05, 3.63) is 71.2 Å². The van der Waals surface area contributed by atoms with Crippen LogP contribution in [0, 0.1) is 11.8 Å². The maximum Gasteiger partial charge on any atom is 0.225 e. The molecule has 1 aromatic heterocycles. The van der Waals surface area contributed by atoms with Gasteiger partial charge in [0.25, 0.3) is 0 Å². The van der Waals surface area contributed by atoms with Crippen molar-refractivity contribution in [2.45, 2.75) is 25.8 Å². The summed E-state index contributed by atoms with van der Waals surface area (Å²) in [4.78, 5) is 19.7. The Morgan fingerprint density at radius 3 is 2.34 bits per heavy atom. The van der Waals surface area contributed by atoms with E-state index in [1.54, 1.807) is 7.11 Å². The van der Waals surface area contributed by atoms with Gasteiger partial charge in [-0.15, -0.1) is 0 Å². The van der Waals surface area contributed by atoms with Gasteiger partial charge in [-0.2, -0.15) is 0 Å². The lowest BCUT2D eigenvalue weighted by atomic mass is 10.0. The Morgan fingerprint density at radius 1 is 0.971 bits per heavy atom. The molecule has 1 saturated heterocycles. The summed E-state index contributed by atoms with van der Waals surface area (Å²) >= 11 is 3.64. The van der Waals surface area contributed by atoms with Crippen LogP contribution in [-0.4, -0.2) is 40.6 Å². The van der Waals surface area contributed by atoms with Gasteiger partial charge in [0, 0.05) is 35.6 Å². The molecule has 3 aromatic carbocycles. The molecule has 178 valence electrons. The largest absolute Gasteiger partial charge is 0.497 e. The van der Waals surface area contributed by atoms with Crippen LogP contribution in [0.15, 0.2) is 71.2 Å². The molecule has 4 aromatic rings. The predicted octanol–water partition coefficient (Wildman–Crippen LogP) is 6.40. The van der Waals surface area contributed by atoms with E-state index in [9.17, 15) is 4.79 Å². The third-order valence-electron chi connectivity index (χ3n) is 7.24. The molecule has 1 aliphatic carbocycles. The molecule has 0 bridgehead atoms. The molecule has 1 amide bonds. The number of rotatable bonds is 6. The number of ether oxygens (including phenoxy) is 1. The van der Waals surface area contributed by atoms with E-state index in [2.05, 4.69) is 73.9 Å². The molecular formula is C29H28BrN3O2. The van der Waals surface area contributed by atoms with Crippen molar-refractivity contribution in [2.75, 3.05) is 20.2 Å². The van der Waals surface area contributed by atoms with E-state index in [0.29, 0.717) is 17.7 Å². The van der Waals surface area contributed by atoms with Crippen molar-refractivity contribution in [3.8, 4) is 28.3 Å². The highest BCUT2D eigenvalue weighted by molar-refractivity contribution is 9.10. The summed E-state index contributed by atoms with van der Waals surface area (Å²) in [6, 6.07) is 23.0. The van der Waals surface area contributed by atoms with Gasteiger partial charge in [-0.05, 0) is 66.6 Å². The summed E-state index contributed by atoms with van der Waals surface area (Å²) in [5.41, 5.74) is 5.53. The SMILES string of the molecule is COc1ccc(-c2ccc(-c3nc4ccc(Br)cc4n3CC3CCN(C(=O)C4CC4)C3)cc2)cc1. The summed E-state index contributed by atoms with van der Waals surface area (Å²) in [5, 5.41) is 0. The molecule has 1 aliphatic heterocycles. The Balaban J connectivity index is 1.30. The monoisotopic (exact) mass is 529 g/mol. The van der Waals surface area contributed by atoms with Gasteiger partial charge in [0.1, 0.15) is 11.6 Å². The maximum atomic E-state index is 12.6. The fourth-order valence-corrected chi connectivity index (χ4v) is 5.47. The second-order valence-corrected chi connectivity index (χ2v) is 10.6. The Hall–Kier alpha value is -3.12. The highest BCUT2D eigenvalue weighted by atomic mass is 79.9. The van der Waals surface area contributed by atoms with Gasteiger partial charge >= 0.3 is 0 Å². The summed E-state index contributed by atoms with van der Waals surface area (Å²) in [7, 11) is 1.68. The van der Waals surface area contributed by atoms with Gasteiger partial charge in [-0.25, -0.2) is 4.98 Å². The van der Waals surface area contributed by atoms with Crippen LogP contribution in [0.4, 0.5) is 0 Å². The van der Waals surface area contributed by atoms with Crippen molar-refractivity contribution >= 4 is 32.9 Å². The molecule has 1 saturated carbocycles. The second-order valence-electron chi connectivity index (χ2n) is 9.70. The van der Waals surface area contributed by atoms with E-state index < -0.39 is 0 Å². The van der Waals surface area contributed by atoms with Crippen LogP contribution < -0.4 is 4.74 Å². The Labute approximate surface area is 213 Å². The molecule has 2 fully saturated rings. The molecule has 35 heavy (non-hydrogen) atoms. The zero-order valence-electron chi connectivity index (χ0n) is 19.8. The molecule has 6 rings (SSSR count). The minimum absolute atomic E-state index is 0.290. The van der Waals surface area contributed by atoms with Gasteiger partial charge in [-0.3, -0.25) is 4.79 Å². The first-order valence-electron chi connectivity index (χ1n) is 12.3. The van der Waals surface area contributed by atoms with Crippen LogP contribution in [0.2, 0.25) is 0 Å². The zero-order valence-corrected chi connectivity index (χ0v) is 21.4. The lowest BCUT2D eigenvalue weighted by molar-refractivity contribution is -0.131. The molecule has 5 nitrogen and oxygen atoms in total. The highest BCUT2D eigenvalue weighted by Crippen LogP contribution is 2.35. The Bertz CT molecular complexity index is 1370. The summed E-state index contributed by atoms with van der Waals surface area (Å²) in [6.07, 6.45) is 3.18. The number of nitrogens with zero attached hydrogens (tertiary/aromatic N) is 3. The molecule has 1 unspecified atom stereocenters. The zero-order chi connectivity index (χ0) is 23.9. The number of hydrogen-bond donors (Lipinski definition) is 0. The fraction of sp³-hybridized carbons (Fsp3) is 0.310. The van der Waals surface area contributed by atoms with E-state index in [1.165, 1.54) is 0 Å². The van der Waals surface area contributed by atoms with Crippen LogP contribution >= 0.6 is 15.9 Å². The predicted molar refractivity (Wildman–Crippen MR) is 142 cm³/mol. The molecule has 0 radical (unpaired) electrons. The normalized spacial score (nSPS) is 17.8. The number of likely N-dealkylation sites (tertiary alicyclic amines) is 1. The molecule has 6 heteroatoms. The number of fused-ring (bicyclic) bond motifs is 1. The van der Waals surface area contributed by atoms with Crippen LogP contribution in [0.5, 0.6) is 5.75 Å². The van der Waals surface area contributed by atoms with E-state index in [4.69, 9.17) is 9.72 Å². The lowest BCUT2D eigenvalue weighted by Crippen LogP contribution is -2.30. The van der Waals surface area contributed by atoms with Crippen molar-refractivity contribution in [2.24, 2.45) is 11.8 Å². The molecule has 2 heterocycles. The quantitative estimate of drug-likeness (QED) is 0.290. The van der Waals surface area contributed by atoms with Crippen molar-refractivity contribution in [1.29, 1.82) is 0 Å². The van der Waals surface area contributed by atoms with Crippen LogP contribution in [0.25, 0.3) is 33.5 Å². The van der Waals surface area contributed by atoms with Crippen LogP contribution in [0.1, 0.15) is 19.3 Å². The Morgan fingerprint density at radius 2 is 1.66 bits per heavy atom. The lowest BCUT2D eigenvalue weighted by Gasteiger charge is -2.18. The summed E-state index contributed by atoms with van der Waals surface area (Å²) in [6.45, 7) is 2.58. The van der Waals surface area contributed by atoms with Crippen molar-refractivity contribution < 1.29 is 9.53 Å². The molecule has 0 N–H and O–H groups in total. The van der Waals surface area contributed by atoms with Gasteiger partial charge in [-0.1, -0.05) is 52.3 Å². The number of imidazole rings is 1. The number of carbonyl (C=O) groups is 1. The van der Waals surface area contributed by atoms with E-state index in [1.807, 2.05) is 18.2 Å². The van der Waals surface area contributed by atoms with E-state index in [0.717, 1.165) is 82.7 Å². The van der Waals surface area contributed by atoms with Crippen molar-refractivity contribution in [3.63, 3.8) is 0 Å². The number of amides is 1. The number of halogens is 1. The number of carbonyl (C=O) groups excluding carboxylic acids is 1. The first kappa shape index (κ1) is 22.4. The van der Waals surface area contributed by atoms with Crippen LogP contribution in [0.3, 0.4) is 0 Å². The summed E-state index contributed by atoms with van der Waals surface area (Å²) < 4.78 is 8.68. The topological polar surface area (TPSA) is 47.4 Å². The molecule has 1 atom stereocenters. The maximum absolute atomic E-state index is 12.6. The first-order chi connectivity index (χ1) is 17.1. The number of benzene rings is 3. The van der Waals surface area contributed by atoms with Gasteiger partial charge < -0.3 is 14.2 Å². The standard InChI is InChI=1S/C29H28BrN3O2/c1-35-25-11-8-21(9-12-25)20-2-4-22(5-3-20)28-31-26-13-10-24(30)16-27(26)33(28)18-19-14-15-32(17-19)29(34)23-6-7-23/h2-5,8-13,16,19,23H,6-7,14-15,17-18H2,1H3. The van der Waals surface area contributed by atoms with Crippen molar-refractivity contribution in [1.82, 2.24) is 14.5 Å². The minimum Gasteiger partial charge on any atom is -0.497 e. The van der Waals surface area contributed by atoms with Gasteiger partial charge in [0.15, 0.2) is 0 Å². The number of aromatic nitrogens is 2. The minimum atomic E-state index is 0.290. The molecular weight excluding hydrogens is 502 g/mol. The van der Waals surface area contributed by atoms with Gasteiger partial charge in [0.05, 0.1) is 18.1 Å². The molecule has 2 aliphatic rings.